The van der Waals surface area contributed by atoms with Crippen molar-refractivity contribution in [3.63, 3.8) is 0 Å². The third kappa shape index (κ3) is 1.23. The summed E-state index contributed by atoms with van der Waals surface area (Å²) in [6.45, 7) is 0. The highest BCUT2D eigenvalue weighted by Crippen LogP contribution is 2.06. The normalized spacial score (nSPS) is 10.4. The van der Waals surface area contributed by atoms with Crippen LogP contribution in [0, 0.1) is 0 Å². The highest BCUT2D eigenvalue weighted by atomic mass is 35.5. The third-order valence-corrected chi connectivity index (χ3v) is 1.76. The van der Waals surface area contributed by atoms with Crippen LogP contribution < -0.4 is 0 Å². The summed E-state index contributed by atoms with van der Waals surface area (Å²) in [7, 11) is 0. The quantitative estimate of drug-likeness (QED) is 0.627. The standard InChI is InChI=1S/C8H6ClN3/c9-4-8-11-5-7-6(12-8)2-1-3-10-7/h1-3,5H,4H2. The van der Waals surface area contributed by atoms with Crippen molar-refractivity contribution < 1.29 is 0 Å². The average molecular weight is 180 g/mol. The summed E-state index contributed by atoms with van der Waals surface area (Å²) in [4.78, 5) is 12.3. The first-order valence-corrected chi connectivity index (χ1v) is 4.06. The van der Waals surface area contributed by atoms with Crippen LogP contribution in [0.2, 0.25) is 0 Å². The Morgan fingerprint density at radius 2 is 2.17 bits per heavy atom. The summed E-state index contributed by atoms with van der Waals surface area (Å²) in [5, 5.41) is 0. The van der Waals surface area contributed by atoms with Gasteiger partial charge in [-0.15, -0.1) is 11.6 Å². The molecule has 0 amide bonds. The van der Waals surface area contributed by atoms with Crippen molar-refractivity contribution in [1.29, 1.82) is 0 Å². The number of pyridine rings is 1. The van der Waals surface area contributed by atoms with Gasteiger partial charge in [0.05, 0.1) is 17.6 Å². The number of fused-ring (bicyclic) bond motifs is 1. The maximum atomic E-state index is 5.58. The number of halogens is 1. The largest absolute Gasteiger partial charge is 0.253 e. The molecule has 0 atom stereocenters. The van der Waals surface area contributed by atoms with Gasteiger partial charge < -0.3 is 0 Å². The molecule has 2 aromatic heterocycles. The van der Waals surface area contributed by atoms with E-state index >= 15 is 0 Å². The second kappa shape index (κ2) is 3.03. The fourth-order valence-corrected chi connectivity index (χ4v) is 1.10. The maximum Gasteiger partial charge on any atom is 0.143 e. The van der Waals surface area contributed by atoms with E-state index in [1.165, 1.54) is 0 Å². The molecule has 4 heteroatoms. The summed E-state index contributed by atoms with van der Waals surface area (Å²) in [6.07, 6.45) is 3.39. The minimum absolute atomic E-state index is 0.338. The molecule has 0 radical (unpaired) electrons. The maximum absolute atomic E-state index is 5.58. The molecule has 3 nitrogen and oxygen atoms in total. The van der Waals surface area contributed by atoms with E-state index in [4.69, 9.17) is 11.6 Å². The van der Waals surface area contributed by atoms with Crippen LogP contribution in [0.3, 0.4) is 0 Å². The van der Waals surface area contributed by atoms with Crippen molar-refractivity contribution in [3.8, 4) is 0 Å². The molecule has 0 aliphatic heterocycles. The van der Waals surface area contributed by atoms with Crippen molar-refractivity contribution in [2.24, 2.45) is 0 Å². The van der Waals surface area contributed by atoms with E-state index in [1.807, 2.05) is 12.1 Å². The lowest BCUT2D eigenvalue weighted by Crippen LogP contribution is -1.91. The van der Waals surface area contributed by atoms with E-state index in [2.05, 4.69) is 15.0 Å². The van der Waals surface area contributed by atoms with Crippen molar-refractivity contribution in [2.75, 3.05) is 0 Å². The average Bonchev–Trinajstić information content (AvgIpc) is 2.17. The molecule has 0 fully saturated rings. The molecule has 2 rings (SSSR count). The number of nitrogens with zero attached hydrogens (tertiary/aromatic N) is 3. The Morgan fingerprint density at radius 3 is 3.00 bits per heavy atom. The van der Waals surface area contributed by atoms with Gasteiger partial charge >= 0.3 is 0 Å². The van der Waals surface area contributed by atoms with Crippen LogP contribution in [0.1, 0.15) is 5.82 Å². The van der Waals surface area contributed by atoms with Crippen molar-refractivity contribution >= 4 is 22.6 Å². The molecule has 2 heterocycles. The molecule has 12 heavy (non-hydrogen) atoms. The molecule has 0 N–H and O–H groups in total. The molecule has 0 saturated heterocycles. The zero-order valence-corrected chi connectivity index (χ0v) is 6.99. The first kappa shape index (κ1) is 7.43. The van der Waals surface area contributed by atoms with Gasteiger partial charge in [0, 0.05) is 6.20 Å². The molecule has 0 saturated carbocycles. The molecular weight excluding hydrogens is 174 g/mol. The first-order valence-electron chi connectivity index (χ1n) is 3.53. The minimum Gasteiger partial charge on any atom is -0.253 e. The smallest absolute Gasteiger partial charge is 0.143 e. The van der Waals surface area contributed by atoms with Crippen molar-refractivity contribution in [1.82, 2.24) is 15.0 Å². The van der Waals surface area contributed by atoms with E-state index in [0.717, 1.165) is 11.0 Å². The van der Waals surface area contributed by atoms with Gasteiger partial charge in [0.2, 0.25) is 0 Å². The highest BCUT2D eigenvalue weighted by Gasteiger charge is 1.97. The second-order valence-corrected chi connectivity index (χ2v) is 2.59. The predicted octanol–water partition coefficient (Wildman–Crippen LogP) is 1.76. The van der Waals surface area contributed by atoms with E-state index in [9.17, 15) is 0 Å². The van der Waals surface area contributed by atoms with Crippen LogP contribution in [0.5, 0.6) is 0 Å². The van der Waals surface area contributed by atoms with Crippen LogP contribution in [0.25, 0.3) is 11.0 Å². The van der Waals surface area contributed by atoms with Crippen LogP contribution in [-0.4, -0.2) is 15.0 Å². The zero-order valence-electron chi connectivity index (χ0n) is 6.24. The van der Waals surface area contributed by atoms with E-state index in [0.29, 0.717) is 11.7 Å². The summed E-state index contributed by atoms with van der Waals surface area (Å²) < 4.78 is 0. The fraction of sp³-hybridized carbons (Fsp3) is 0.125. The van der Waals surface area contributed by atoms with Crippen LogP contribution in [0.4, 0.5) is 0 Å². The first-order chi connectivity index (χ1) is 5.90. The molecule has 60 valence electrons. The lowest BCUT2D eigenvalue weighted by atomic mass is 10.4. The Bertz CT molecular complexity index is 402. The number of alkyl halides is 1. The number of hydrogen-bond donors (Lipinski definition) is 0. The number of aromatic nitrogens is 3. The lowest BCUT2D eigenvalue weighted by Gasteiger charge is -1.96. The summed E-state index contributed by atoms with van der Waals surface area (Å²) in [6, 6.07) is 3.73. The van der Waals surface area contributed by atoms with Crippen LogP contribution in [0.15, 0.2) is 24.5 Å². The van der Waals surface area contributed by atoms with E-state index in [1.54, 1.807) is 12.4 Å². The number of rotatable bonds is 1. The van der Waals surface area contributed by atoms with Gasteiger partial charge in [-0.1, -0.05) is 0 Å². The fourth-order valence-electron chi connectivity index (χ4n) is 0.971. The number of hydrogen-bond acceptors (Lipinski definition) is 3. The molecule has 0 unspecified atom stereocenters. The Hall–Kier alpha value is -1.22. The third-order valence-electron chi connectivity index (χ3n) is 1.52. The summed E-state index contributed by atoms with van der Waals surface area (Å²) >= 11 is 5.58. The Balaban J connectivity index is 2.67. The van der Waals surface area contributed by atoms with Gasteiger partial charge in [-0.05, 0) is 12.1 Å². The SMILES string of the molecule is ClCc1ncc2ncccc2n1. The zero-order chi connectivity index (χ0) is 8.39. The molecule has 2 aromatic rings. The van der Waals surface area contributed by atoms with Gasteiger partial charge in [0.1, 0.15) is 11.3 Å². The van der Waals surface area contributed by atoms with Gasteiger partial charge in [-0.3, -0.25) is 4.98 Å². The summed E-state index contributed by atoms with van der Waals surface area (Å²) in [5.74, 6) is 0.974. The molecule has 0 spiro atoms. The minimum atomic E-state index is 0.338. The Kier molecular flexibility index (Phi) is 1.87. The van der Waals surface area contributed by atoms with E-state index in [-0.39, 0.29) is 0 Å². The molecular formula is C8H6ClN3. The highest BCUT2D eigenvalue weighted by molar-refractivity contribution is 6.16. The van der Waals surface area contributed by atoms with E-state index < -0.39 is 0 Å². The van der Waals surface area contributed by atoms with Gasteiger partial charge in [-0.25, -0.2) is 9.97 Å². The Labute approximate surface area is 74.4 Å². The van der Waals surface area contributed by atoms with Crippen LogP contribution >= 0.6 is 11.6 Å². The lowest BCUT2D eigenvalue weighted by molar-refractivity contribution is 1.06. The van der Waals surface area contributed by atoms with Crippen molar-refractivity contribution in [3.05, 3.63) is 30.4 Å². The monoisotopic (exact) mass is 179 g/mol. The predicted molar refractivity (Wildman–Crippen MR) is 46.9 cm³/mol. The van der Waals surface area contributed by atoms with Gasteiger partial charge in [0.25, 0.3) is 0 Å². The van der Waals surface area contributed by atoms with Gasteiger partial charge in [-0.2, -0.15) is 0 Å². The topological polar surface area (TPSA) is 38.7 Å². The van der Waals surface area contributed by atoms with Crippen molar-refractivity contribution in [2.45, 2.75) is 5.88 Å². The summed E-state index contributed by atoms with van der Waals surface area (Å²) in [5.41, 5.74) is 1.63. The van der Waals surface area contributed by atoms with Crippen LogP contribution in [-0.2, 0) is 5.88 Å². The molecule has 0 bridgehead atoms. The second-order valence-electron chi connectivity index (χ2n) is 2.33. The molecule has 0 aromatic carbocycles. The molecule has 0 aliphatic carbocycles. The van der Waals surface area contributed by atoms with Gasteiger partial charge in [0.15, 0.2) is 0 Å². The molecule has 0 aliphatic rings. The Morgan fingerprint density at radius 1 is 1.25 bits per heavy atom.